The van der Waals surface area contributed by atoms with Gasteiger partial charge in [0.25, 0.3) is 10.0 Å². The molecule has 0 amide bonds. The Kier molecular flexibility index (Phi) is 4.72. The summed E-state index contributed by atoms with van der Waals surface area (Å²) in [5.74, 6) is -0.795. The van der Waals surface area contributed by atoms with Gasteiger partial charge in [-0.15, -0.1) is 0 Å². The average molecular weight is 301 g/mol. The zero-order valence-electron chi connectivity index (χ0n) is 11.8. The molecule has 1 fully saturated rings. The molecule has 112 valence electrons. The van der Waals surface area contributed by atoms with Crippen LogP contribution in [0.3, 0.4) is 0 Å². The van der Waals surface area contributed by atoms with Crippen molar-refractivity contribution >= 4 is 10.0 Å². The maximum Gasteiger partial charge on any atom is 0.263 e. The zero-order valence-corrected chi connectivity index (χ0v) is 12.6. The number of hydrogen-bond donors (Lipinski definition) is 0. The molecular formula is C13H20FN3O2S. The van der Waals surface area contributed by atoms with E-state index in [9.17, 15) is 12.8 Å². The van der Waals surface area contributed by atoms with Crippen LogP contribution >= 0.6 is 0 Å². The number of hydrogen-bond acceptors (Lipinski definition) is 4. The Balaban J connectivity index is 2.12. The van der Waals surface area contributed by atoms with Crippen LogP contribution < -0.4 is 0 Å². The lowest BCUT2D eigenvalue weighted by Gasteiger charge is -2.36. The quantitative estimate of drug-likeness (QED) is 0.842. The standard InChI is InChI=1S/C13H20FN3O2S/c1-3-11(2)16-7-9-17(10-8-16)20(18,19)13-12(14)5-4-6-15-13/h4-6,11H,3,7-10H2,1-2H3. The molecule has 1 saturated heterocycles. The summed E-state index contributed by atoms with van der Waals surface area (Å²) in [5.41, 5.74) is 0. The largest absolute Gasteiger partial charge is 0.298 e. The first-order valence-corrected chi connectivity index (χ1v) is 8.25. The van der Waals surface area contributed by atoms with E-state index in [0.717, 1.165) is 12.5 Å². The monoisotopic (exact) mass is 301 g/mol. The Labute approximate surface area is 119 Å². The molecule has 0 N–H and O–H groups in total. The third-order valence-corrected chi connectivity index (χ3v) is 5.63. The van der Waals surface area contributed by atoms with Crippen molar-refractivity contribution in [1.82, 2.24) is 14.2 Å². The van der Waals surface area contributed by atoms with Gasteiger partial charge in [0.2, 0.25) is 5.03 Å². The van der Waals surface area contributed by atoms with Gasteiger partial charge in [-0.2, -0.15) is 4.31 Å². The SMILES string of the molecule is CCC(C)N1CCN(S(=O)(=O)c2ncccc2F)CC1. The van der Waals surface area contributed by atoms with E-state index in [4.69, 9.17) is 0 Å². The molecular weight excluding hydrogens is 281 g/mol. The second-order valence-corrected chi connectivity index (χ2v) is 6.84. The van der Waals surface area contributed by atoms with E-state index >= 15 is 0 Å². The Morgan fingerprint density at radius 1 is 1.35 bits per heavy atom. The molecule has 0 aromatic carbocycles. The molecule has 20 heavy (non-hydrogen) atoms. The number of piperazine rings is 1. The molecule has 7 heteroatoms. The van der Waals surface area contributed by atoms with Gasteiger partial charge in [0, 0.05) is 38.4 Å². The highest BCUT2D eigenvalue weighted by Crippen LogP contribution is 2.19. The van der Waals surface area contributed by atoms with E-state index in [1.165, 1.54) is 16.6 Å². The molecule has 0 bridgehead atoms. The van der Waals surface area contributed by atoms with Crippen molar-refractivity contribution in [3.8, 4) is 0 Å². The summed E-state index contributed by atoms with van der Waals surface area (Å²) in [6.07, 6.45) is 2.33. The second-order valence-electron chi connectivity index (χ2n) is 4.99. The predicted octanol–water partition coefficient (Wildman–Crippen LogP) is 1.33. The van der Waals surface area contributed by atoms with Crippen molar-refractivity contribution in [2.24, 2.45) is 0 Å². The second kappa shape index (κ2) is 6.15. The average Bonchev–Trinajstić information content (AvgIpc) is 2.47. The van der Waals surface area contributed by atoms with Gasteiger partial charge in [0.15, 0.2) is 5.82 Å². The van der Waals surface area contributed by atoms with E-state index in [1.807, 2.05) is 0 Å². The molecule has 1 aliphatic rings. The van der Waals surface area contributed by atoms with Crippen LogP contribution in [0.2, 0.25) is 0 Å². The molecule has 0 radical (unpaired) electrons. The number of halogens is 1. The maximum absolute atomic E-state index is 13.6. The lowest BCUT2D eigenvalue weighted by atomic mass is 10.2. The summed E-state index contributed by atoms with van der Waals surface area (Å²) in [4.78, 5) is 5.93. The fourth-order valence-electron chi connectivity index (χ4n) is 2.33. The van der Waals surface area contributed by atoms with E-state index in [0.29, 0.717) is 32.2 Å². The highest BCUT2D eigenvalue weighted by molar-refractivity contribution is 7.89. The molecule has 2 heterocycles. The van der Waals surface area contributed by atoms with Crippen molar-refractivity contribution in [2.45, 2.75) is 31.3 Å². The van der Waals surface area contributed by atoms with Crippen molar-refractivity contribution in [1.29, 1.82) is 0 Å². The van der Waals surface area contributed by atoms with Crippen LogP contribution in [-0.4, -0.2) is 54.8 Å². The minimum absolute atomic E-state index is 0.378. The van der Waals surface area contributed by atoms with Gasteiger partial charge in [-0.25, -0.2) is 17.8 Å². The summed E-state index contributed by atoms with van der Waals surface area (Å²) in [7, 11) is -3.83. The van der Waals surface area contributed by atoms with E-state index < -0.39 is 20.9 Å². The fourth-order valence-corrected chi connectivity index (χ4v) is 3.72. The van der Waals surface area contributed by atoms with Gasteiger partial charge >= 0.3 is 0 Å². The molecule has 5 nitrogen and oxygen atoms in total. The summed E-state index contributed by atoms with van der Waals surface area (Å²) < 4.78 is 39.7. The molecule has 2 rings (SSSR count). The van der Waals surface area contributed by atoms with E-state index in [1.54, 1.807) is 0 Å². The van der Waals surface area contributed by atoms with Crippen LogP contribution in [0.1, 0.15) is 20.3 Å². The third-order valence-electron chi connectivity index (χ3n) is 3.80. The van der Waals surface area contributed by atoms with Gasteiger partial charge in [-0.05, 0) is 25.5 Å². The first kappa shape index (κ1) is 15.3. The highest BCUT2D eigenvalue weighted by Gasteiger charge is 2.32. The number of sulfonamides is 1. The minimum Gasteiger partial charge on any atom is -0.298 e. The molecule has 1 aliphatic heterocycles. The fraction of sp³-hybridized carbons (Fsp3) is 0.615. The normalized spacial score (nSPS) is 19.9. The molecule has 1 aromatic heterocycles. The van der Waals surface area contributed by atoms with Crippen LogP contribution in [0.5, 0.6) is 0 Å². The van der Waals surface area contributed by atoms with Gasteiger partial charge in [-0.3, -0.25) is 4.90 Å². The van der Waals surface area contributed by atoms with Crippen LogP contribution in [-0.2, 0) is 10.0 Å². The summed E-state index contributed by atoms with van der Waals surface area (Å²) in [5, 5.41) is -0.475. The lowest BCUT2D eigenvalue weighted by Crippen LogP contribution is -2.51. The Morgan fingerprint density at radius 3 is 2.55 bits per heavy atom. The van der Waals surface area contributed by atoms with Crippen LogP contribution in [0.4, 0.5) is 4.39 Å². The van der Waals surface area contributed by atoms with E-state index in [2.05, 4.69) is 23.7 Å². The molecule has 0 saturated carbocycles. The molecule has 1 aromatic rings. The number of nitrogens with zero attached hydrogens (tertiary/aromatic N) is 3. The number of pyridine rings is 1. The van der Waals surface area contributed by atoms with Crippen LogP contribution in [0.25, 0.3) is 0 Å². The lowest BCUT2D eigenvalue weighted by molar-refractivity contribution is 0.142. The third kappa shape index (κ3) is 2.99. The summed E-state index contributed by atoms with van der Waals surface area (Å²) >= 11 is 0. The van der Waals surface area contributed by atoms with E-state index in [-0.39, 0.29) is 0 Å². The maximum atomic E-state index is 13.6. The van der Waals surface area contributed by atoms with Gasteiger partial charge in [0.05, 0.1) is 0 Å². The van der Waals surface area contributed by atoms with Crippen LogP contribution in [0.15, 0.2) is 23.4 Å². The van der Waals surface area contributed by atoms with Crippen molar-refractivity contribution in [3.63, 3.8) is 0 Å². The number of rotatable bonds is 4. The van der Waals surface area contributed by atoms with Gasteiger partial charge < -0.3 is 0 Å². The molecule has 0 aliphatic carbocycles. The Hall–Kier alpha value is -1.05. The van der Waals surface area contributed by atoms with Crippen molar-refractivity contribution < 1.29 is 12.8 Å². The Morgan fingerprint density at radius 2 is 2.00 bits per heavy atom. The molecule has 0 spiro atoms. The molecule has 1 atom stereocenters. The summed E-state index contributed by atoms with van der Waals surface area (Å²) in [6, 6.07) is 2.94. The smallest absolute Gasteiger partial charge is 0.263 e. The number of aromatic nitrogens is 1. The zero-order chi connectivity index (χ0) is 14.8. The first-order chi connectivity index (χ1) is 9.46. The first-order valence-electron chi connectivity index (χ1n) is 6.81. The van der Waals surface area contributed by atoms with Crippen molar-refractivity contribution in [3.05, 3.63) is 24.1 Å². The Bertz CT molecular complexity index is 556. The minimum atomic E-state index is -3.83. The van der Waals surface area contributed by atoms with Gasteiger partial charge in [-0.1, -0.05) is 6.92 Å². The van der Waals surface area contributed by atoms with Gasteiger partial charge in [0.1, 0.15) is 0 Å². The molecule has 1 unspecified atom stereocenters. The van der Waals surface area contributed by atoms with Crippen molar-refractivity contribution in [2.75, 3.05) is 26.2 Å². The highest BCUT2D eigenvalue weighted by atomic mass is 32.2. The topological polar surface area (TPSA) is 53.5 Å². The predicted molar refractivity (Wildman–Crippen MR) is 74.3 cm³/mol. The van der Waals surface area contributed by atoms with Crippen LogP contribution in [0, 0.1) is 5.82 Å². The summed E-state index contributed by atoms with van der Waals surface area (Å²) in [6.45, 7) is 6.33.